The smallest absolute Gasteiger partial charge is 0.326 e. The summed E-state index contributed by atoms with van der Waals surface area (Å²) in [4.78, 5) is 12.0. The van der Waals surface area contributed by atoms with Crippen molar-refractivity contribution in [3.63, 3.8) is 0 Å². The molecule has 0 amide bonds. The molecule has 0 aromatic heterocycles. The molecule has 0 unspecified atom stereocenters. The van der Waals surface area contributed by atoms with E-state index in [1.165, 1.54) is 24.3 Å². The number of carbonyl (C=O) groups is 1. The van der Waals surface area contributed by atoms with Crippen LogP contribution in [0.1, 0.15) is 19.4 Å². The van der Waals surface area contributed by atoms with E-state index in [9.17, 15) is 13.2 Å². The maximum Gasteiger partial charge on any atom is 0.326 e. The molecule has 0 saturated carbocycles. The molecule has 0 heterocycles. The minimum absolute atomic E-state index is 0.0563. The summed E-state index contributed by atoms with van der Waals surface area (Å²) >= 11 is 5.83. The van der Waals surface area contributed by atoms with E-state index in [0.717, 1.165) is 16.3 Å². The zero-order valence-electron chi connectivity index (χ0n) is 14.1. The Hall–Kier alpha value is -2.05. The lowest BCUT2D eigenvalue weighted by Gasteiger charge is -2.24. The van der Waals surface area contributed by atoms with E-state index >= 15 is 0 Å². The molecular weight excluding hydrogens is 362 g/mol. The number of rotatable bonds is 7. The van der Waals surface area contributed by atoms with Crippen LogP contribution >= 0.6 is 11.6 Å². The molecule has 0 N–H and O–H groups in total. The second kappa shape index (κ2) is 8.36. The van der Waals surface area contributed by atoms with Gasteiger partial charge in [-0.05, 0) is 55.3 Å². The van der Waals surface area contributed by atoms with Crippen molar-refractivity contribution in [1.29, 1.82) is 0 Å². The number of sulfonamides is 1. The van der Waals surface area contributed by atoms with E-state index in [-0.39, 0.29) is 11.5 Å². The molecule has 0 radical (unpaired) electrons. The SMILES string of the molecule is CCOC(=O)CN(c1ccc(CC)cc1)S(=O)(=O)c1ccc(Cl)cc1. The summed E-state index contributed by atoms with van der Waals surface area (Å²) in [7, 11) is -3.93. The second-order valence-electron chi connectivity index (χ2n) is 5.29. The summed E-state index contributed by atoms with van der Waals surface area (Å²) in [5.41, 5.74) is 1.48. The Kier molecular flexibility index (Phi) is 6.45. The van der Waals surface area contributed by atoms with Crippen LogP contribution in [0.2, 0.25) is 5.02 Å². The summed E-state index contributed by atoms with van der Waals surface area (Å²) < 4.78 is 32.0. The first-order valence-corrected chi connectivity index (χ1v) is 9.73. The van der Waals surface area contributed by atoms with Crippen LogP contribution in [0, 0.1) is 0 Å². The fourth-order valence-electron chi connectivity index (χ4n) is 2.27. The van der Waals surface area contributed by atoms with Crippen molar-refractivity contribution in [2.75, 3.05) is 17.5 Å². The van der Waals surface area contributed by atoms with E-state index in [1.54, 1.807) is 19.1 Å². The van der Waals surface area contributed by atoms with Gasteiger partial charge in [-0.3, -0.25) is 9.10 Å². The molecule has 25 heavy (non-hydrogen) atoms. The lowest BCUT2D eigenvalue weighted by Crippen LogP contribution is -2.36. The quantitative estimate of drug-likeness (QED) is 0.686. The number of hydrogen-bond acceptors (Lipinski definition) is 4. The van der Waals surface area contributed by atoms with Crippen molar-refractivity contribution >= 4 is 33.3 Å². The molecule has 7 heteroatoms. The van der Waals surface area contributed by atoms with Crippen LogP contribution in [0.15, 0.2) is 53.4 Å². The van der Waals surface area contributed by atoms with Crippen LogP contribution in [-0.2, 0) is 26.0 Å². The third-order valence-electron chi connectivity index (χ3n) is 3.61. The Morgan fingerprint density at radius 2 is 1.64 bits per heavy atom. The van der Waals surface area contributed by atoms with Crippen molar-refractivity contribution < 1.29 is 17.9 Å². The van der Waals surface area contributed by atoms with E-state index < -0.39 is 22.5 Å². The third-order valence-corrected chi connectivity index (χ3v) is 5.65. The first kappa shape index (κ1) is 19.3. The molecule has 0 aliphatic heterocycles. The molecule has 0 atom stereocenters. The topological polar surface area (TPSA) is 63.7 Å². The van der Waals surface area contributed by atoms with Crippen LogP contribution in [0.4, 0.5) is 5.69 Å². The summed E-state index contributed by atoms with van der Waals surface area (Å²) in [5, 5.41) is 0.434. The number of anilines is 1. The summed E-state index contributed by atoms with van der Waals surface area (Å²) in [6.45, 7) is 3.47. The fourth-order valence-corrected chi connectivity index (χ4v) is 3.81. The molecule has 0 fully saturated rings. The van der Waals surface area contributed by atoms with E-state index in [2.05, 4.69) is 0 Å². The Morgan fingerprint density at radius 1 is 1.04 bits per heavy atom. The van der Waals surface area contributed by atoms with Gasteiger partial charge in [-0.1, -0.05) is 30.7 Å². The van der Waals surface area contributed by atoms with E-state index in [4.69, 9.17) is 16.3 Å². The molecule has 0 aliphatic rings. The Balaban J connectivity index is 2.45. The maximum absolute atomic E-state index is 13.0. The molecule has 134 valence electrons. The molecule has 0 saturated heterocycles. The van der Waals surface area contributed by atoms with E-state index in [0.29, 0.717) is 10.7 Å². The lowest BCUT2D eigenvalue weighted by atomic mass is 10.1. The average molecular weight is 382 g/mol. The third kappa shape index (κ3) is 4.74. The summed E-state index contributed by atoms with van der Waals surface area (Å²) in [5.74, 6) is -0.611. The molecule has 0 bridgehead atoms. The van der Waals surface area contributed by atoms with Crippen LogP contribution in [0.5, 0.6) is 0 Å². The molecule has 2 aromatic carbocycles. The number of hydrogen-bond donors (Lipinski definition) is 0. The minimum Gasteiger partial charge on any atom is -0.465 e. The van der Waals surface area contributed by atoms with Crippen LogP contribution in [-0.4, -0.2) is 27.5 Å². The van der Waals surface area contributed by atoms with E-state index in [1.807, 2.05) is 19.1 Å². The van der Waals surface area contributed by atoms with Gasteiger partial charge in [0.05, 0.1) is 17.2 Å². The standard InChI is InChI=1S/C18H20ClNO4S/c1-3-14-5-9-16(10-6-14)20(13-18(21)24-4-2)25(22,23)17-11-7-15(19)8-12-17/h5-12H,3-4,13H2,1-2H3. The van der Waals surface area contributed by atoms with Gasteiger partial charge in [-0.15, -0.1) is 0 Å². The monoisotopic (exact) mass is 381 g/mol. The Morgan fingerprint density at radius 3 is 2.16 bits per heavy atom. The normalized spacial score (nSPS) is 11.2. The number of esters is 1. The van der Waals surface area contributed by atoms with Gasteiger partial charge < -0.3 is 4.74 Å². The number of halogens is 1. The number of aryl methyl sites for hydroxylation is 1. The van der Waals surface area contributed by atoms with Gasteiger partial charge >= 0.3 is 5.97 Å². The highest BCUT2D eigenvalue weighted by Crippen LogP contribution is 2.25. The second-order valence-corrected chi connectivity index (χ2v) is 7.59. The number of nitrogens with zero attached hydrogens (tertiary/aromatic N) is 1. The zero-order chi connectivity index (χ0) is 18.4. The van der Waals surface area contributed by atoms with Gasteiger partial charge in [-0.2, -0.15) is 0 Å². The number of ether oxygens (including phenoxy) is 1. The van der Waals surface area contributed by atoms with Crippen LogP contribution in [0.3, 0.4) is 0 Å². The molecule has 0 spiro atoms. The van der Waals surface area contributed by atoms with Crippen molar-refractivity contribution in [2.24, 2.45) is 0 Å². The van der Waals surface area contributed by atoms with Crippen LogP contribution < -0.4 is 4.31 Å². The number of carbonyl (C=O) groups excluding carboxylic acids is 1. The molecule has 2 aromatic rings. The van der Waals surface area contributed by atoms with Crippen LogP contribution in [0.25, 0.3) is 0 Å². The molecular formula is C18H20ClNO4S. The molecule has 2 rings (SSSR count). The first-order valence-electron chi connectivity index (χ1n) is 7.91. The summed E-state index contributed by atoms with van der Waals surface area (Å²) in [6, 6.07) is 12.9. The van der Waals surface area contributed by atoms with Crippen molar-refractivity contribution in [1.82, 2.24) is 0 Å². The Labute approximate surface area is 153 Å². The molecule has 5 nitrogen and oxygen atoms in total. The summed E-state index contributed by atoms with van der Waals surface area (Å²) in [6.07, 6.45) is 0.835. The average Bonchev–Trinajstić information content (AvgIpc) is 2.60. The van der Waals surface area contributed by atoms with Gasteiger partial charge in [-0.25, -0.2) is 8.42 Å². The fraction of sp³-hybridized carbons (Fsp3) is 0.278. The predicted molar refractivity (Wildman–Crippen MR) is 98.4 cm³/mol. The van der Waals surface area contributed by atoms with Gasteiger partial charge in [0, 0.05) is 5.02 Å². The highest BCUT2D eigenvalue weighted by atomic mass is 35.5. The first-order chi connectivity index (χ1) is 11.9. The predicted octanol–water partition coefficient (Wildman–Crippen LogP) is 3.66. The van der Waals surface area contributed by atoms with Crippen molar-refractivity contribution in [3.05, 3.63) is 59.1 Å². The minimum atomic E-state index is -3.93. The highest BCUT2D eigenvalue weighted by molar-refractivity contribution is 7.92. The lowest BCUT2D eigenvalue weighted by molar-refractivity contribution is -0.141. The molecule has 0 aliphatic carbocycles. The zero-order valence-corrected chi connectivity index (χ0v) is 15.7. The van der Waals surface area contributed by atoms with Crippen molar-refractivity contribution in [2.45, 2.75) is 25.2 Å². The highest BCUT2D eigenvalue weighted by Gasteiger charge is 2.27. The largest absolute Gasteiger partial charge is 0.465 e. The Bertz CT molecular complexity index is 817. The van der Waals surface area contributed by atoms with Gasteiger partial charge in [0.1, 0.15) is 6.54 Å². The van der Waals surface area contributed by atoms with Gasteiger partial charge in [0.15, 0.2) is 0 Å². The maximum atomic E-state index is 13.0. The van der Waals surface area contributed by atoms with Gasteiger partial charge in [0.2, 0.25) is 0 Å². The van der Waals surface area contributed by atoms with Crippen molar-refractivity contribution in [3.8, 4) is 0 Å². The van der Waals surface area contributed by atoms with Gasteiger partial charge in [0.25, 0.3) is 10.0 Å². The number of benzene rings is 2.